The quantitative estimate of drug-likeness (QED) is 0.369. The van der Waals surface area contributed by atoms with Crippen molar-refractivity contribution < 1.29 is 23.8 Å². The minimum Gasteiger partial charge on any atom is -0.493 e. The summed E-state index contributed by atoms with van der Waals surface area (Å²) in [4.78, 5) is 34.9. The highest BCUT2D eigenvalue weighted by Crippen LogP contribution is 2.33. The monoisotopic (exact) mass is 477 g/mol. The van der Waals surface area contributed by atoms with Crippen LogP contribution in [0.4, 0.5) is 5.13 Å². The maximum Gasteiger partial charge on any atom is 0.350 e. The van der Waals surface area contributed by atoms with E-state index < -0.39 is 5.97 Å². The zero-order valence-electron chi connectivity index (χ0n) is 19.2. The van der Waals surface area contributed by atoms with E-state index in [0.29, 0.717) is 49.4 Å². The van der Waals surface area contributed by atoms with Gasteiger partial charge in [0, 0.05) is 10.9 Å². The van der Waals surface area contributed by atoms with Crippen LogP contribution >= 0.6 is 11.3 Å². The first kappa shape index (κ1) is 23.2. The first-order chi connectivity index (χ1) is 16.4. The van der Waals surface area contributed by atoms with Gasteiger partial charge in [-0.05, 0) is 44.2 Å². The van der Waals surface area contributed by atoms with Gasteiger partial charge >= 0.3 is 5.97 Å². The molecule has 0 atom stereocenters. The first-order valence-electron chi connectivity index (χ1n) is 10.5. The lowest BCUT2D eigenvalue weighted by molar-refractivity contribution is 0.0531. The number of para-hydroxylation sites is 1. The standard InChI is InChI=1S/C25H23N3O5S/c1-5-33-24(30)22-14(2)26-25(34-22)28-23(29)17-13-19(27-18-9-7-6-8-16(17)18)15-10-11-20(31-3)21(12-15)32-4/h6-13H,5H2,1-4H3,(H,26,28,29). The van der Waals surface area contributed by atoms with Crippen molar-refractivity contribution >= 4 is 39.2 Å². The van der Waals surface area contributed by atoms with Gasteiger partial charge in [0.1, 0.15) is 4.88 Å². The fraction of sp³-hybridized carbons (Fsp3) is 0.200. The van der Waals surface area contributed by atoms with Crippen molar-refractivity contribution in [1.82, 2.24) is 9.97 Å². The molecule has 0 saturated carbocycles. The molecule has 9 heteroatoms. The van der Waals surface area contributed by atoms with Crippen molar-refractivity contribution in [3.05, 3.63) is 64.7 Å². The highest BCUT2D eigenvalue weighted by Gasteiger charge is 2.20. The highest BCUT2D eigenvalue weighted by molar-refractivity contribution is 7.17. The number of esters is 1. The van der Waals surface area contributed by atoms with Gasteiger partial charge in [-0.2, -0.15) is 0 Å². The maximum absolute atomic E-state index is 13.3. The number of nitrogens with one attached hydrogen (secondary N) is 1. The number of hydrogen-bond acceptors (Lipinski definition) is 8. The van der Waals surface area contributed by atoms with Crippen molar-refractivity contribution in [1.29, 1.82) is 0 Å². The predicted molar refractivity (Wildman–Crippen MR) is 131 cm³/mol. The van der Waals surface area contributed by atoms with Crippen LogP contribution in [0.3, 0.4) is 0 Å². The van der Waals surface area contributed by atoms with Crippen LogP contribution in [0.25, 0.3) is 22.2 Å². The molecular formula is C25H23N3O5S. The van der Waals surface area contributed by atoms with Crippen molar-refractivity contribution in [2.24, 2.45) is 0 Å². The molecule has 0 radical (unpaired) electrons. The van der Waals surface area contributed by atoms with Crippen molar-refractivity contribution in [3.63, 3.8) is 0 Å². The molecule has 0 aliphatic carbocycles. The second-order valence-corrected chi connectivity index (χ2v) is 8.25. The number of benzene rings is 2. The second kappa shape index (κ2) is 9.88. The molecule has 0 aliphatic rings. The molecule has 2 aromatic carbocycles. The molecule has 0 spiro atoms. The SMILES string of the molecule is CCOC(=O)c1sc(NC(=O)c2cc(-c3ccc(OC)c(OC)c3)nc3ccccc23)nc1C. The molecule has 2 heterocycles. The molecule has 0 aliphatic heterocycles. The summed E-state index contributed by atoms with van der Waals surface area (Å²) in [6.07, 6.45) is 0. The van der Waals surface area contributed by atoms with E-state index in [1.54, 1.807) is 40.2 Å². The molecule has 0 fully saturated rings. The Kier molecular flexibility index (Phi) is 6.74. The number of nitrogens with zero attached hydrogens (tertiary/aromatic N) is 2. The Balaban J connectivity index is 1.73. The number of rotatable bonds is 7. The third-order valence-electron chi connectivity index (χ3n) is 5.12. The number of aromatic nitrogens is 2. The lowest BCUT2D eigenvalue weighted by Crippen LogP contribution is -2.13. The van der Waals surface area contributed by atoms with Crippen molar-refractivity contribution in [2.45, 2.75) is 13.8 Å². The summed E-state index contributed by atoms with van der Waals surface area (Å²) in [6.45, 7) is 3.71. The van der Waals surface area contributed by atoms with Crippen LogP contribution in [0.2, 0.25) is 0 Å². The number of methoxy groups -OCH3 is 2. The van der Waals surface area contributed by atoms with E-state index in [1.807, 2.05) is 36.4 Å². The summed E-state index contributed by atoms with van der Waals surface area (Å²) in [5, 5.41) is 3.83. The van der Waals surface area contributed by atoms with E-state index in [0.717, 1.165) is 16.9 Å². The van der Waals surface area contributed by atoms with Gasteiger partial charge < -0.3 is 14.2 Å². The lowest BCUT2D eigenvalue weighted by Gasteiger charge is -2.12. The Morgan fingerprint density at radius 1 is 1.00 bits per heavy atom. The molecule has 174 valence electrons. The van der Waals surface area contributed by atoms with Gasteiger partial charge in [0.2, 0.25) is 0 Å². The molecule has 0 bridgehead atoms. The van der Waals surface area contributed by atoms with E-state index in [9.17, 15) is 9.59 Å². The number of fused-ring (bicyclic) bond motifs is 1. The summed E-state index contributed by atoms with van der Waals surface area (Å²) in [6, 6.07) is 14.6. The van der Waals surface area contributed by atoms with Crippen LogP contribution in [0.1, 0.15) is 32.6 Å². The predicted octanol–water partition coefficient (Wildman–Crippen LogP) is 5.11. The molecule has 4 rings (SSSR count). The summed E-state index contributed by atoms with van der Waals surface area (Å²) in [7, 11) is 3.14. The molecule has 8 nitrogen and oxygen atoms in total. The zero-order valence-corrected chi connectivity index (χ0v) is 20.0. The Hall–Kier alpha value is -3.98. The van der Waals surface area contributed by atoms with E-state index in [4.69, 9.17) is 19.2 Å². The average molecular weight is 478 g/mol. The number of pyridine rings is 1. The molecule has 0 unspecified atom stereocenters. The molecule has 2 aromatic heterocycles. The van der Waals surface area contributed by atoms with Crippen molar-refractivity contribution in [2.75, 3.05) is 26.1 Å². The third kappa shape index (κ3) is 4.55. The van der Waals surface area contributed by atoms with Gasteiger partial charge in [0.15, 0.2) is 16.6 Å². The number of amides is 1. The number of carbonyl (C=O) groups excluding carboxylic acids is 2. The topological polar surface area (TPSA) is 99.6 Å². The number of thiazole rings is 1. The number of hydrogen-bond donors (Lipinski definition) is 1. The van der Waals surface area contributed by atoms with Gasteiger partial charge in [-0.15, -0.1) is 0 Å². The Bertz CT molecular complexity index is 1380. The lowest BCUT2D eigenvalue weighted by atomic mass is 10.0. The average Bonchev–Trinajstić information content (AvgIpc) is 3.22. The van der Waals surface area contributed by atoms with Crippen LogP contribution in [0, 0.1) is 6.92 Å². The summed E-state index contributed by atoms with van der Waals surface area (Å²) in [5.41, 5.74) is 2.98. The Labute approximate surface area is 200 Å². The number of ether oxygens (including phenoxy) is 3. The third-order valence-corrected chi connectivity index (χ3v) is 6.17. The van der Waals surface area contributed by atoms with Gasteiger partial charge in [-0.3, -0.25) is 10.1 Å². The number of aryl methyl sites for hydroxylation is 1. The van der Waals surface area contributed by atoms with Crippen LogP contribution in [0.5, 0.6) is 11.5 Å². The molecule has 4 aromatic rings. The summed E-state index contributed by atoms with van der Waals surface area (Å²) >= 11 is 1.08. The van der Waals surface area contributed by atoms with E-state index in [2.05, 4.69) is 10.3 Å². The first-order valence-corrected chi connectivity index (χ1v) is 11.3. The largest absolute Gasteiger partial charge is 0.493 e. The van der Waals surface area contributed by atoms with Crippen LogP contribution < -0.4 is 14.8 Å². The Morgan fingerprint density at radius 2 is 1.76 bits per heavy atom. The molecular weight excluding hydrogens is 454 g/mol. The van der Waals surface area contributed by atoms with Crippen LogP contribution in [-0.4, -0.2) is 42.7 Å². The van der Waals surface area contributed by atoms with Gasteiger partial charge in [-0.25, -0.2) is 14.8 Å². The molecule has 1 N–H and O–H groups in total. The van der Waals surface area contributed by atoms with Gasteiger partial charge in [0.05, 0.1) is 43.3 Å². The smallest absolute Gasteiger partial charge is 0.350 e. The van der Waals surface area contributed by atoms with Gasteiger partial charge in [-0.1, -0.05) is 29.5 Å². The van der Waals surface area contributed by atoms with Crippen molar-refractivity contribution in [3.8, 4) is 22.8 Å². The minimum atomic E-state index is -0.455. The summed E-state index contributed by atoms with van der Waals surface area (Å²) in [5.74, 6) is 0.347. The highest BCUT2D eigenvalue weighted by atomic mass is 32.1. The second-order valence-electron chi connectivity index (χ2n) is 7.25. The summed E-state index contributed by atoms with van der Waals surface area (Å²) < 4.78 is 15.8. The van der Waals surface area contributed by atoms with E-state index >= 15 is 0 Å². The fourth-order valence-corrected chi connectivity index (χ4v) is 4.36. The molecule has 1 amide bonds. The van der Waals surface area contributed by atoms with Gasteiger partial charge in [0.25, 0.3) is 5.91 Å². The number of carbonyl (C=O) groups is 2. The normalized spacial score (nSPS) is 10.7. The van der Waals surface area contributed by atoms with E-state index in [-0.39, 0.29) is 12.5 Å². The number of anilines is 1. The Morgan fingerprint density at radius 3 is 2.50 bits per heavy atom. The minimum absolute atomic E-state index is 0.264. The van der Waals surface area contributed by atoms with Crippen LogP contribution in [0.15, 0.2) is 48.5 Å². The van der Waals surface area contributed by atoms with Crippen LogP contribution in [-0.2, 0) is 4.74 Å². The zero-order chi connectivity index (χ0) is 24.2. The fourth-order valence-electron chi connectivity index (χ4n) is 3.51. The van der Waals surface area contributed by atoms with E-state index in [1.165, 1.54) is 0 Å². The molecule has 34 heavy (non-hydrogen) atoms. The maximum atomic E-state index is 13.3. The molecule has 0 saturated heterocycles.